The number of rotatable bonds is 12. The number of thiazole rings is 1. The summed E-state index contributed by atoms with van der Waals surface area (Å²) in [7, 11) is 0. The molecule has 1 aromatic carbocycles. The van der Waals surface area contributed by atoms with E-state index in [1.807, 2.05) is 0 Å². The number of aryl methyl sites for hydroxylation is 1. The molecule has 0 saturated carbocycles. The molecule has 0 aliphatic carbocycles. The number of halogens is 4. The number of ether oxygens (including phenoxy) is 1. The van der Waals surface area contributed by atoms with E-state index in [2.05, 4.69) is 30.7 Å². The summed E-state index contributed by atoms with van der Waals surface area (Å²) in [5.74, 6) is -1.39. The number of anilines is 1. The van der Waals surface area contributed by atoms with Gasteiger partial charge in [-0.2, -0.15) is 0 Å². The Morgan fingerprint density at radius 3 is 2.73 bits per heavy atom. The molecule has 216 valence electrons. The smallest absolute Gasteiger partial charge is 0.406 e. The van der Waals surface area contributed by atoms with Crippen LogP contribution in [0.15, 0.2) is 64.5 Å². The summed E-state index contributed by atoms with van der Waals surface area (Å²) in [5.41, 5.74) is 2.40. The highest BCUT2D eigenvalue weighted by molar-refractivity contribution is 7.07. The van der Waals surface area contributed by atoms with Crippen LogP contribution < -0.4 is 20.9 Å². The number of hydrogen-bond donors (Lipinski definition) is 2. The number of carbonyl (C=O) groups is 2. The van der Waals surface area contributed by atoms with E-state index in [1.165, 1.54) is 52.6 Å². The van der Waals surface area contributed by atoms with E-state index >= 15 is 0 Å². The Kier molecular flexibility index (Phi) is 9.44. The maximum Gasteiger partial charge on any atom is 0.573 e. The van der Waals surface area contributed by atoms with Crippen molar-refractivity contribution in [3.8, 4) is 5.75 Å². The normalized spacial score (nSPS) is 12.1. The monoisotopic (exact) mass is 593 g/mol. The summed E-state index contributed by atoms with van der Waals surface area (Å²) >= 11 is 1.37. The van der Waals surface area contributed by atoms with E-state index in [4.69, 9.17) is 0 Å². The van der Waals surface area contributed by atoms with Crippen molar-refractivity contribution in [2.75, 3.05) is 5.32 Å². The molecule has 4 aromatic rings. The zero-order valence-corrected chi connectivity index (χ0v) is 22.0. The lowest BCUT2D eigenvalue weighted by Crippen LogP contribution is -2.24. The SMILES string of the molecule is O=C(Cc1cscn1)Nc1ccn(CCC(F)Cn2cc(C(=O)NCc3cccc(OC(F)(F)F)c3)nn2)c(=O)c1. The molecule has 41 heavy (non-hydrogen) atoms. The van der Waals surface area contributed by atoms with Gasteiger partial charge in [0.2, 0.25) is 5.91 Å². The molecule has 11 nitrogen and oxygen atoms in total. The zero-order valence-electron chi connectivity index (χ0n) is 21.2. The topological polar surface area (TPSA) is 133 Å². The maximum atomic E-state index is 14.6. The van der Waals surface area contributed by atoms with E-state index in [0.29, 0.717) is 16.9 Å². The van der Waals surface area contributed by atoms with Crippen LogP contribution in [0.25, 0.3) is 0 Å². The van der Waals surface area contributed by atoms with Crippen molar-refractivity contribution in [2.24, 2.45) is 0 Å². The molecule has 3 heterocycles. The molecule has 4 rings (SSSR count). The van der Waals surface area contributed by atoms with Crippen LogP contribution in [0.1, 0.15) is 28.2 Å². The maximum absolute atomic E-state index is 14.6. The van der Waals surface area contributed by atoms with Gasteiger partial charge in [0, 0.05) is 36.4 Å². The minimum absolute atomic E-state index is 0.0346. The second kappa shape index (κ2) is 13.2. The van der Waals surface area contributed by atoms with Crippen LogP contribution in [0.5, 0.6) is 5.75 Å². The molecule has 0 saturated heterocycles. The average Bonchev–Trinajstić information content (AvgIpc) is 3.58. The molecule has 0 spiro atoms. The first-order valence-corrected chi connectivity index (χ1v) is 13.0. The number of aromatic nitrogens is 5. The second-order valence-corrected chi connectivity index (χ2v) is 9.46. The van der Waals surface area contributed by atoms with Crippen LogP contribution in [0, 0.1) is 0 Å². The Morgan fingerprint density at radius 2 is 2.00 bits per heavy atom. The van der Waals surface area contributed by atoms with Crippen molar-refractivity contribution in [1.82, 2.24) is 29.9 Å². The van der Waals surface area contributed by atoms with E-state index < -0.39 is 29.7 Å². The fraction of sp³-hybridized carbons (Fsp3) is 0.280. The number of nitrogens with one attached hydrogen (secondary N) is 2. The lowest BCUT2D eigenvalue weighted by Gasteiger charge is -2.11. The summed E-state index contributed by atoms with van der Waals surface area (Å²) in [6.07, 6.45) is -3.52. The number of pyridine rings is 1. The van der Waals surface area contributed by atoms with Crippen molar-refractivity contribution in [1.29, 1.82) is 0 Å². The van der Waals surface area contributed by atoms with Gasteiger partial charge in [-0.25, -0.2) is 14.1 Å². The molecule has 1 unspecified atom stereocenters. The molecule has 2 N–H and O–H groups in total. The molecule has 0 radical (unpaired) electrons. The van der Waals surface area contributed by atoms with Crippen LogP contribution in [-0.2, 0) is 30.8 Å². The number of nitrogens with zero attached hydrogens (tertiary/aromatic N) is 5. The largest absolute Gasteiger partial charge is 0.573 e. The fourth-order valence-electron chi connectivity index (χ4n) is 3.66. The molecule has 0 bridgehead atoms. The predicted octanol–water partition coefficient (Wildman–Crippen LogP) is 3.33. The molecular weight excluding hydrogens is 570 g/mol. The molecule has 3 aromatic heterocycles. The highest BCUT2D eigenvalue weighted by Gasteiger charge is 2.31. The summed E-state index contributed by atoms with van der Waals surface area (Å²) in [4.78, 5) is 40.9. The Balaban J connectivity index is 1.22. The van der Waals surface area contributed by atoms with Gasteiger partial charge in [0.05, 0.1) is 30.4 Å². The van der Waals surface area contributed by atoms with Crippen LogP contribution in [0.4, 0.5) is 23.2 Å². The summed E-state index contributed by atoms with van der Waals surface area (Å²) in [6, 6.07) is 7.91. The fourth-order valence-corrected chi connectivity index (χ4v) is 4.21. The summed E-state index contributed by atoms with van der Waals surface area (Å²) < 4.78 is 58.1. The molecular formula is C25H23F4N7O4S. The van der Waals surface area contributed by atoms with Gasteiger partial charge in [-0.05, 0) is 30.2 Å². The molecule has 0 aliphatic heterocycles. The van der Waals surface area contributed by atoms with Gasteiger partial charge in [-0.15, -0.1) is 29.6 Å². The lowest BCUT2D eigenvalue weighted by atomic mass is 10.2. The van der Waals surface area contributed by atoms with Crippen molar-refractivity contribution in [3.63, 3.8) is 0 Å². The van der Waals surface area contributed by atoms with Gasteiger partial charge < -0.3 is 19.9 Å². The third-order valence-electron chi connectivity index (χ3n) is 5.53. The van der Waals surface area contributed by atoms with Crippen LogP contribution >= 0.6 is 11.3 Å². The van der Waals surface area contributed by atoms with E-state index in [9.17, 15) is 31.9 Å². The zero-order chi connectivity index (χ0) is 29.4. The minimum atomic E-state index is -4.84. The van der Waals surface area contributed by atoms with Crippen LogP contribution in [0.3, 0.4) is 0 Å². The van der Waals surface area contributed by atoms with Gasteiger partial charge >= 0.3 is 6.36 Å². The first kappa shape index (κ1) is 29.4. The van der Waals surface area contributed by atoms with Crippen molar-refractivity contribution < 1.29 is 31.9 Å². The number of hydrogen-bond acceptors (Lipinski definition) is 8. The van der Waals surface area contributed by atoms with Crippen LogP contribution in [0.2, 0.25) is 0 Å². The molecule has 1 atom stereocenters. The van der Waals surface area contributed by atoms with Crippen molar-refractivity contribution in [2.45, 2.75) is 45.0 Å². The highest BCUT2D eigenvalue weighted by atomic mass is 32.1. The van der Waals surface area contributed by atoms with Gasteiger partial charge in [-0.1, -0.05) is 17.3 Å². The standard InChI is InChI=1S/C25H23F4N7O4S/c26-17(4-6-35-7-5-18(10-23(35)38)32-22(37)9-19-14-41-15-31-19)12-36-13-21(33-34-36)24(39)30-11-16-2-1-3-20(8-16)40-25(27,28)29/h1-3,5,7-8,10,13-15,17H,4,6,9,11-12H2,(H,30,39)(H,32,37). The number of carbonyl (C=O) groups excluding carboxylic acids is 2. The number of amides is 2. The molecule has 0 aliphatic rings. The summed E-state index contributed by atoms with van der Waals surface area (Å²) in [6.45, 7) is -0.266. The number of benzene rings is 1. The molecule has 16 heteroatoms. The number of alkyl halides is 4. The first-order valence-electron chi connectivity index (χ1n) is 12.1. The highest BCUT2D eigenvalue weighted by Crippen LogP contribution is 2.23. The summed E-state index contributed by atoms with van der Waals surface area (Å²) in [5, 5.41) is 14.3. The first-order chi connectivity index (χ1) is 19.5. The van der Waals surface area contributed by atoms with Gasteiger partial charge in [0.1, 0.15) is 11.9 Å². The predicted molar refractivity (Wildman–Crippen MR) is 139 cm³/mol. The molecule has 2 amide bonds. The quantitative estimate of drug-likeness (QED) is 0.241. The van der Waals surface area contributed by atoms with Crippen LogP contribution in [-0.4, -0.2) is 48.9 Å². The Bertz CT molecular complexity index is 1540. The van der Waals surface area contributed by atoms with E-state index in [0.717, 1.165) is 16.8 Å². The Labute approximate surface area is 233 Å². The van der Waals surface area contributed by atoms with E-state index in [-0.39, 0.29) is 44.1 Å². The minimum Gasteiger partial charge on any atom is -0.406 e. The third-order valence-corrected chi connectivity index (χ3v) is 6.17. The van der Waals surface area contributed by atoms with Gasteiger partial charge in [0.25, 0.3) is 11.5 Å². The van der Waals surface area contributed by atoms with E-state index in [1.54, 1.807) is 10.9 Å². The second-order valence-electron chi connectivity index (χ2n) is 8.74. The van der Waals surface area contributed by atoms with Gasteiger partial charge in [0.15, 0.2) is 5.69 Å². The van der Waals surface area contributed by atoms with Crippen molar-refractivity contribution in [3.05, 3.63) is 87.0 Å². The third kappa shape index (κ3) is 9.23. The lowest BCUT2D eigenvalue weighted by molar-refractivity contribution is -0.274. The Hall–Kier alpha value is -4.60. The van der Waals surface area contributed by atoms with Gasteiger partial charge in [-0.3, -0.25) is 14.4 Å². The van der Waals surface area contributed by atoms with Crippen molar-refractivity contribution >= 4 is 28.8 Å². The molecule has 0 fully saturated rings. The average molecular weight is 594 g/mol. The Morgan fingerprint density at radius 1 is 1.17 bits per heavy atom.